The van der Waals surface area contributed by atoms with E-state index in [4.69, 9.17) is 11.5 Å². The summed E-state index contributed by atoms with van der Waals surface area (Å²) >= 11 is 0. The van der Waals surface area contributed by atoms with E-state index in [-0.39, 0.29) is 22.9 Å². The zero-order chi connectivity index (χ0) is 8.81. The van der Waals surface area contributed by atoms with E-state index in [2.05, 4.69) is 10.2 Å². The van der Waals surface area contributed by atoms with Crippen molar-refractivity contribution in [3.63, 3.8) is 0 Å². The fourth-order valence-electron chi connectivity index (χ4n) is 0.701. The van der Waals surface area contributed by atoms with Crippen LogP contribution in [0, 0.1) is 0 Å². The number of halogens is 1. The second-order valence-electron chi connectivity index (χ2n) is 2.18. The molecule has 4 nitrogen and oxygen atoms in total. The standard InChI is InChI=1S/C8H10N4.BrH/c9-8(10)12-11-6-7-4-2-1-3-5-7;/h1-6H,(H4,9,10,12);1H/b11-6-;. The molecule has 0 aliphatic heterocycles. The van der Waals surface area contributed by atoms with Gasteiger partial charge in [0.2, 0.25) is 5.96 Å². The van der Waals surface area contributed by atoms with Gasteiger partial charge in [-0.2, -0.15) is 5.10 Å². The summed E-state index contributed by atoms with van der Waals surface area (Å²) in [5.74, 6) is -0.0396. The molecule has 0 saturated heterocycles. The van der Waals surface area contributed by atoms with E-state index < -0.39 is 0 Å². The van der Waals surface area contributed by atoms with Crippen LogP contribution in [0.4, 0.5) is 0 Å². The van der Waals surface area contributed by atoms with Crippen LogP contribution < -0.4 is 11.5 Å². The molecular weight excluding hydrogens is 232 g/mol. The summed E-state index contributed by atoms with van der Waals surface area (Å²) in [5, 5.41) is 7.12. The molecule has 0 amide bonds. The topological polar surface area (TPSA) is 76.8 Å². The van der Waals surface area contributed by atoms with Gasteiger partial charge in [-0.05, 0) is 5.56 Å². The average molecular weight is 243 g/mol. The minimum Gasteiger partial charge on any atom is -0.369 e. The van der Waals surface area contributed by atoms with Gasteiger partial charge in [-0.3, -0.25) is 0 Å². The van der Waals surface area contributed by atoms with Crippen molar-refractivity contribution in [3.05, 3.63) is 35.9 Å². The molecule has 0 aliphatic carbocycles. The highest BCUT2D eigenvalue weighted by atomic mass is 79.9. The number of guanidine groups is 1. The van der Waals surface area contributed by atoms with E-state index in [1.54, 1.807) is 6.21 Å². The first-order chi connectivity index (χ1) is 5.79. The Morgan fingerprint density at radius 1 is 1.15 bits per heavy atom. The monoisotopic (exact) mass is 242 g/mol. The molecule has 0 radical (unpaired) electrons. The molecule has 70 valence electrons. The van der Waals surface area contributed by atoms with Crippen LogP contribution in [-0.2, 0) is 0 Å². The summed E-state index contributed by atoms with van der Waals surface area (Å²) in [4.78, 5) is 0. The van der Waals surface area contributed by atoms with Gasteiger partial charge in [-0.1, -0.05) is 30.3 Å². The van der Waals surface area contributed by atoms with E-state index in [9.17, 15) is 0 Å². The minimum absolute atomic E-state index is 0. The number of nitrogens with zero attached hydrogens (tertiary/aromatic N) is 2. The zero-order valence-corrected chi connectivity index (χ0v) is 8.63. The van der Waals surface area contributed by atoms with Crippen molar-refractivity contribution >= 4 is 29.2 Å². The van der Waals surface area contributed by atoms with Crippen LogP contribution in [0.5, 0.6) is 0 Å². The number of rotatable bonds is 2. The van der Waals surface area contributed by atoms with Gasteiger partial charge < -0.3 is 11.5 Å². The first kappa shape index (κ1) is 11.6. The second-order valence-corrected chi connectivity index (χ2v) is 2.18. The van der Waals surface area contributed by atoms with Crippen molar-refractivity contribution in [2.24, 2.45) is 21.7 Å². The van der Waals surface area contributed by atoms with Crippen LogP contribution in [-0.4, -0.2) is 12.2 Å². The molecule has 4 N–H and O–H groups in total. The Kier molecular flexibility index (Phi) is 5.54. The minimum atomic E-state index is -0.0396. The highest BCUT2D eigenvalue weighted by Gasteiger charge is 1.81. The highest BCUT2D eigenvalue weighted by molar-refractivity contribution is 8.93. The first-order valence-corrected chi connectivity index (χ1v) is 3.46. The van der Waals surface area contributed by atoms with E-state index in [1.807, 2.05) is 30.3 Å². The van der Waals surface area contributed by atoms with Crippen LogP contribution in [0.15, 0.2) is 40.5 Å². The second kappa shape index (κ2) is 6.19. The molecule has 0 aliphatic rings. The number of nitrogens with two attached hydrogens (primary N) is 2. The van der Waals surface area contributed by atoms with Gasteiger partial charge in [0, 0.05) is 0 Å². The summed E-state index contributed by atoms with van der Waals surface area (Å²) in [6, 6.07) is 9.57. The molecule has 0 spiro atoms. The van der Waals surface area contributed by atoms with Crippen LogP contribution in [0.2, 0.25) is 0 Å². The zero-order valence-electron chi connectivity index (χ0n) is 6.92. The Hall–Kier alpha value is -1.36. The van der Waals surface area contributed by atoms with Crippen LogP contribution in [0.3, 0.4) is 0 Å². The Morgan fingerprint density at radius 2 is 1.77 bits per heavy atom. The molecule has 0 bridgehead atoms. The summed E-state index contributed by atoms with van der Waals surface area (Å²) in [6.07, 6.45) is 1.58. The van der Waals surface area contributed by atoms with Gasteiger partial charge >= 0.3 is 0 Å². The predicted octanol–water partition coefficient (Wildman–Crippen LogP) is 0.872. The average Bonchev–Trinajstić information content (AvgIpc) is 2.05. The van der Waals surface area contributed by atoms with Gasteiger partial charge in [-0.25, -0.2) is 0 Å². The Morgan fingerprint density at radius 3 is 2.31 bits per heavy atom. The number of hydrogen-bond donors (Lipinski definition) is 2. The summed E-state index contributed by atoms with van der Waals surface area (Å²) < 4.78 is 0. The van der Waals surface area contributed by atoms with Crippen molar-refractivity contribution in [1.82, 2.24) is 0 Å². The fourth-order valence-corrected chi connectivity index (χ4v) is 0.701. The van der Waals surface area contributed by atoms with Gasteiger partial charge in [0.1, 0.15) is 0 Å². The molecule has 13 heavy (non-hydrogen) atoms. The van der Waals surface area contributed by atoms with Gasteiger partial charge in [-0.15, -0.1) is 22.1 Å². The molecule has 0 saturated carbocycles. The smallest absolute Gasteiger partial charge is 0.211 e. The lowest BCUT2D eigenvalue weighted by molar-refractivity contribution is 1.21. The quantitative estimate of drug-likeness (QED) is 0.459. The van der Waals surface area contributed by atoms with Crippen molar-refractivity contribution < 1.29 is 0 Å². The van der Waals surface area contributed by atoms with Crippen LogP contribution >= 0.6 is 17.0 Å². The maximum Gasteiger partial charge on any atom is 0.211 e. The largest absolute Gasteiger partial charge is 0.369 e. The number of benzene rings is 1. The van der Waals surface area contributed by atoms with Gasteiger partial charge in [0.05, 0.1) is 6.21 Å². The highest BCUT2D eigenvalue weighted by Crippen LogP contribution is 1.93. The van der Waals surface area contributed by atoms with E-state index in [1.165, 1.54) is 0 Å². The third kappa shape index (κ3) is 4.97. The number of hydrogen-bond acceptors (Lipinski definition) is 2. The third-order valence-electron chi connectivity index (χ3n) is 1.18. The van der Waals surface area contributed by atoms with Gasteiger partial charge in [0.15, 0.2) is 0 Å². The van der Waals surface area contributed by atoms with E-state index in [0.29, 0.717) is 0 Å². The first-order valence-electron chi connectivity index (χ1n) is 3.46. The van der Waals surface area contributed by atoms with Crippen molar-refractivity contribution in [2.75, 3.05) is 0 Å². The van der Waals surface area contributed by atoms with Gasteiger partial charge in [0.25, 0.3) is 0 Å². The Bertz CT molecular complexity index is 290. The fraction of sp³-hybridized carbons (Fsp3) is 0. The van der Waals surface area contributed by atoms with Crippen molar-refractivity contribution in [1.29, 1.82) is 0 Å². The molecule has 0 aromatic heterocycles. The summed E-state index contributed by atoms with van der Waals surface area (Å²) in [7, 11) is 0. The maximum absolute atomic E-state index is 5.07. The molecule has 0 fully saturated rings. The van der Waals surface area contributed by atoms with Crippen molar-refractivity contribution in [3.8, 4) is 0 Å². The molecule has 1 rings (SSSR count). The SMILES string of the molecule is Br.NC(N)=N/N=C\c1ccccc1. The van der Waals surface area contributed by atoms with Crippen molar-refractivity contribution in [2.45, 2.75) is 0 Å². The molecular formula is C8H11BrN4. The molecule has 0 atom stereocenters. The lowest BCUT2D eigenvalue weighted by atomic mass is 10.2. The molecule has 1 aromatic rings. The molecule has 5 heteroatoms. The lowest BCUT2D eigenvalue weighted by Gasteiger charge is -1.87. The maximum atomic E-state index is 5.07. The van der Waals surface area contributed by atoms with Crippen LogP contribution in [0.1, 0.15) is 5.56 Å². The van der Waals surface area contributed by atoms with E-state index >= 15 is 0 Å². The van der Waals surface area contributed by atoms with E-state index in [0.717, 1.165) is 5.56 Å². The lowest BCUT2D eigenvalue weighted by Crippen LogP contribution is -2.21. The Labute approximate surface area is 87.1 Å². The normalized spacial score (nSPS) is 9.23. The molecule has 0 unspecified atom stereocenters. The third-order valence-corrected chi connectivity index (χ3v) is 1.18. The van der Waals surface area contributed by atoms with Crippen LogP contribution in [0.25, 0.3) is 0 Å². The summed E-state index contributed by atoms with van der Waals surface area (Å²) in [5.41, 5.74) is 11.1. The molecule has 0 heterocycles. The predicted molar refractivity (Wildman–Crippen MR) is 60.2 cm³/mol. The summed E-state index contributed by atoms with van der Waals surface area (Å²) in [6.45, 7) is 0. The molecule has 1 aromatic carbocycles. The Balaban J connectivity index is 0.00000144.